The molecule has 0 fully saturated rings. The maximum absolute atomic E-state index is 12.7. The average molecular weight is 337 g/mol. The first kappa shape index (κ1) is 15.3. The van der Waals surface area contributed by atoms with E-state index in [1.807, 2.05) is 6.07 Å². The predicted molar refractivity (Wildman–Crippen MR) is 89.1 cm³/mol. The first-order valence-corrected chi connectivity index (χ1v) is 7.92. The van der Waals surface area contributed by atoms with E-state index in [0.717, 1.165) is 10.4 Å². The number of fused-ring (bicyclic) bond motifs is 2. The number of nitrogens with zero attached hydrogens (tertiary/aromatic N) is 5. The largest absolute Gasteiger partial charge is 0.336 e. The maximum atomic E-state index is 12.7. The summed E-state index contributed by atoms with van der Waals surface area (Å²) in [7, 11) is 0. The summed E-state index contributed by atoms with van der Waals surface area (Å²) in [4.78, 5) is 43.0. The Hall–Kier alpha value is -3.29. The van der Waals surface area contributed by atoms with E-state index in [1.165, 1.54) is 22.7 Å². The molecule has 0 aromatic carbocycles. The molecule has 1 aliphatic rings. The molecule has 0 N–H and O–H groups in total. The lowest BCUT2D eigenvalue weighted by atomic mass is 10.1. The minimum absolute atomic E-state index is 0.142. The van der Waals surface area contributed by atoms with Crippen molar-refractivity contribution in [1.82, 2.24) is 24.1 Å². The van der Waals surface area contributed by atoms with Crippen LogP contribution in [0.4, 0.5) is 0 Å². The van der Waals surface area contributed by atoms with Crippen molar-refractivity contribution in [2.24, 2.45) is 0 Å². The van der Waals surface area contributed by atoms with Crippen LogP contribution in [0.25, 0.3) is 5.65 Å². The van der Waals surface area contributed by atoms with Gasteiger partial charge in [0.2, 0.25) is 5.91 Å². The van der Waals surface area contributed by atoms with Crippen molar-refractivity contribution < 1.29 is 4.79 Å². The molecule has 1 amide bonds. The lowest BCUT2D eigenvalue weighted by Crippen LogP contribution is -2.42. The van der Waals surface area contributed by atoms with E-state index < -0.39 is 0 Å². The molecule has 0 spiro atoms. The Morgan fingerprint density at radius 1 is 1.16 bits per heavy atom. The highest BCUT2D eigenvalue weighted by Gasteiger charge is 2.25. The van der Waals surface area contributed by atoms with Gasteiger partial charge in [0.05, 0.1) is 17.8 Å². The molecule has 0 atom stereocenters. The van der Waals surface area contributed by atoms with E-state index in [4.69, 9.17) is 0 Å². The zero-order chi connectivity index (χ0) is 17.4. The summed E-state index contributed by atoms with van der Waals surface area (Å²) in [6, 6.07) is 8.26. The zero-order valence-corrected chi connectivity index (χ0v) is 13.3. The Morgan fingerprint density at radius 2 is 2.04 bits per heavy atom. The minimum atomic E-state index is -0.332. The van der Waals surface area contributed by atoms with Gasteiger partial charge in [-0.25, -0.2) is 9.67 Å². The number of carbonyl (C=O) groups excluding carboxylic acids is 1. The van der Waals surface area contributed by atoms with Crippen LogP contribution in [0, 0.1) is 0 Å². The molecule has 4 rings (SSSR count). The molecule has 25 heavy (non-hydrogen) atoms. The van der Waals surface area contributed by atoms with Gasteiger partial charge in [0, 0.05) is 31.4 Å². The number of carbonyl (C=O) groups is 1. The first-order chi connectivity index (χ1) is 12.1. The molecule has 0 bridgehead atoms. The standard InChI is InChI=1S/C17H15N5O3/c23-15-5-3-7-18-22(15)11-16(24)20-9-6-13-12(10-20)17(25)21-8-2-1-4-14(21)19-13/h1-5,7-8H,6,9-11H2. The van der Waals surface area contributed by atoms with Crippen molar-refractivity contribution in [2.45, 2.75) is 19.5 Å². The smallest absolute Gasteiger partial charge is 0.267 e. The fourth-order valence-corrected chi connectivity index (χ4v) is 2.99. The molecule has 3 aromatic heterocycles. The number of hydrogen-bond acceptors (Lipinski definition) is 5. The third kappa shape index (κ3) is 2.71. The summed E-state index contributed by atoms with van der Waals surface area (Å²) >= 11 is 0. The third-order valence-corrected chi connectivity index (χ3v) is 4.30. The molecule has 4 heterocycles. The van der Waals surface area contributed by atoms with Crippen LogP contribution in [0.15, 0.2) is 52.3 Å². The molecule has 126 valence electrons. The van der Waals surface area contributed by atoms with Crippen molar-refractivity contribution in [3.63, 3.8) is 0 Å². The van der Waals surface area contributed by atoms with Gasteiger partial charge in [-0.3, -0.25) is 18.8 Å². The van der Waals surface area contributed by atoms with Gasteiger partial charge in [0.1, 0.15) is 12.2 Å². The second-order valence-electron chi connectivity index (χ2n) is 5.86. The molecule has 3 aromatic rings. The van der Waals surface area contributed by atoms with E-state index >= 15 is 0 Å². The SMILES string of the molecule is O=C(Cn1ncccc1=O)N1CCc2nc3ccccn3c(=O)c2C1. The van der Waals surface area contributed by atoms with Crippen LogP contribution in [0.1, 0.15) is 11.3 Å². The maximum Gasteiger partial charge on any atom is 0.267 e. The van der Waals surface area contributed by atoms with Crippen molar-refractivity contribution in [3.8, 4) is 0 Å². The average Bonchev–Trinajstić information content (AvgIpc) is 2.63. The third-order valence-electron chi connectivity index (χ3n) is 4.30. The van der Waals surface area contributed by atoms with Gasteiger partial charge in [-0.05, 0) is 18.2 Å². The van der Waals surface area contributed by atoms with E-state index in [2.05, 4.69) is 10.1 Å². The van der Waals surface area contributed by atoms with Crippen LogP contribution in [-0.2, 0) is 24.3 Å². The van der Waals surface area contributed by atoms with E-state index in [9.17, 15) is 14.4 Å². The monoisotopic (exact) mass is 337 g/mol. The molecule has 0 aliphatic carbocycles. The summed E-state index contributed by atoms with van der Waals surface area (Å²) in [6.07, 6.45) is 3.64. The van der Waals surface area contributed by atoms with Crippen LogP contribution in [-0.4, -0.2) is 36.5 Å². The number of hydrogen-bond donors (Lipinski definition) is 0. The lowest BCUT2D eigenvalue weighted by Gasteiger charge is -2.28. The second-order valence-corrected chi connectivity index (χ2v) is 5.86. The van der Waals surface area contributed by atoms with Crippen LogP contribution >= 0.6 is 0 Å². The minimum Gasteiger partial charge on any atom is -0.336 e. The highest BCUT2D eigenvalue weighted by molar-refractivity contribution is 5.76. The topological polar surface area (TPSA) is 89.6 Å². The predicted octanol–water partition coefficient (Wildman–Crippen LogP) is -0.164. The summed E-state index contributed by atoms with van der Waals surface area (Å²) in [5, 5.41) is 3.89. The zero-order valence-electron chi connectivity index (χ0n) is 13.3. The highest BCUT2D eigenvalue weighted by atomic mass is 16.2. The summed E-state index contributed by atoms with van der Waals surface area (Å²) < 4.78 is 2.60. The molecular formula is C17H15N5O3. The highest BCUT2D eigenvalue weighted by Crippen LogP contribution is 2.15. The van der Waals surface area contributed by atoms with Crippen molar-refractivity contribution >= 4 is 11.6 Å². The number of amides is 1. The molecule has 0 saturated carbocycles. The number of aromatic nitrogens is 4. The van der Waals surface area contributed by atoms with Crippen LogP contribution in [0.2, 0.25) is 0 Å². The Balaban J connectivity index is 1.63. The molecule has 0 saturated heterocycles. The van der Waals surface area contributed by atoms with Crippen LogP contribution in [0.3, 0.4) is 0 Å². The van der Waals surface area contributed by atoms with Crippen LogP contribution < -0.4 is 11.1 Å². The van der Waals surface area contributed by atoms with Gasteiger partial charge < -0.3 is 4.90 Å². The molecule has 8 nitrogen and oxygen atoms in total. The van der Waals surface area contributed by atoms with E-state index in [0.29, 0.717) is 24.2 Å². The number of pyridine rings is 1. The number of rotatable bonds is 2. The van der Waals surface area contributed by atoms with Gasteiger partial charge in [-0.1, -0.05) is 6.07 Å². The Kier molecular flexibility index (Phi) is 3.64. The van der Waals surface area contributed by atoms with Gasteiger partial charge in [0.15, 0.2) is 0 Å². The molecule has 8 heteroatoms. The summed E-state index contributed by atoms with van der Waals surface area (Å²) in [6.45, 7) is 0.514. The van der Waals surface area contributed by atoms with Crippen molar-refractivity contribution in [2.75, 3.05) is 6.54 Å². The van der Waals surface area contributed by atoms with Gasteiger partial charge >= 0.3 is 0 Å². The van der Waals surface area contributed by atoms with Gasteiger partial charge in [0.25, 0.3) is 11.1 Å². The van der Waals surface area contributed by atoms with Crippen molar-refractivity contribution in [3.05, 3.63) is 74.7 Å². The quantitative estimate of drug-likeness (QED) is 0.648. The Bertz CT molecular complexity index is 1090. The molecule has 1 aliphatic heterocycles. The summed E-state index contributed by atoms with van der Waals surface area (Å²) in [5.74, 6) is -0.246. The van der Waals surface area contributed by atoms with Crippen LogP contribution in [0.5, 0.6) is 0 Å². The summed E-state index contributed by atoms with van der Waals surface area (Å²) in [5.41, 5.74) is 1.37. The molecule has 0 radical (unpaired) electrons. The van der Waals surface area contributed by atoms with Gasteiger partial charge in [-0.2, -0.15) is 5.10 Å². The fourth-order valence-electron chi connectivity index (χ4n) is 2.99. The first-order valence-electron chi connectivity index (χ1n) is 7.92. The van der Waals surface area contributed by atoms with E-state index in [-0.39, 0.29) is 30.1 Å². The normalized spacial score (nSPS) is 13.7. The van der Waals surface area contributed by atoms with E-state index in [1.54, 1.807) is 23.2 Å². The lowest BCUT2D eigenvalue weighted by molar-refractivity contribution is -0.133. The molecule has 0 unspecified atom stereocenters. The van der Waals surface area contributed by atoms with Crippen molar-refractivity contribution in [1.29, 1.82) is 0 Å². The molecular weight excluding hydrogens is 322 g/mol. The second kappa shape index (κ2) is 5.97. The Labute approximate surface area is 142 Å². The fraction of sp³-hybridized carbons (Fsp3) is 0.235. The Morgan fingerprint density at radius 3 is 2.88 bits per heavy atom. The van der Waals surface area contributed by atoms with Gasteiger partial charge in [-0.15, -0.1) is 0 Å².